The summed E-state index contributed by atoms with van der Waals surface area (Å²) in [7, 11) is 3.41. The van der Waals surface area contributed by atoms with Crippen LogP contribution in [0.4, 0.5) is 0 Å². The van der Waals surface area contributed by atoms with Gasteiger partial charge in [-0.2, -0.15) is 0 Å². The molecule has 0 bridgehead atoms. The fraction of sp³-hybridized carbons (Fsp3) is 0.889. The second kappa shape index (κ2) is 4.58. The predicted molar refractivity (Wildman–Crippen MR) is 52.4 cm³/mol. The summed E-state index contributed by atoms with van der Waals surface area (Å²) >= 11 is 0. The molecule has 1 amide bonds. The number of nitrogens with zero attached hydrogens (tertiary/aromatic N) is 1. The summed E-state index contributed by atoms with van der Waals surface area (Å²) in [6.45, 7) is 5.87. The summed E-state index contributed by atoms with van der Waals surface area (Å²) in [4.78, 5) is 12.9. The molecule has 0 aliphatic heterocycles. The summed E-state index contributed by atoms with van der Waals surface area (Å²) in [6.07, 6.45) is -0.437. The molecule has 4 nitrogen and oxygen atoms in total. The maximum Gasteiger partial charge on any atom is 0.250 e. The molecule has 1 atom stereocenters. The predicted octanol–water partition coefficient (Wildman–Crippen LogP) is 0.217. The van der Waals surface area contributed by atoms with Gasteiger partial charge in [0.25, 0.3) is 5.91 Å². The molecule has 0 fully saturated rings. The van der Waals surface area contributed by atoms with E-state index in [1.165, 1.54) is 4.90 Å². The van der Waals surface area contributed by atoms with Crippen LogP contribution in [-0.2, 0) is 9.53 Å². The molecule has 13 heavy (non-hydrogen) atoms. The van der Waals surface area contributed by atoms with E-state index in [0.717, 1.165) is 0 Å². The van der Waals surface area contributed by atoms with Crippen LogP contribution >= 0.6 is 0 Å². The Kier molecular flexibility index (Phi) is 4.36. The average molecular weight is 188 g/mol. The van der Waals surface area contributed by atoms with Crippen molar-refractivity contribution in [1.29, 1.82) is 0 Å². The number of carbonyl (C=O) groups is 1. The Hall–Kier alpha value is -0.610. The highest BCUT2D eigenvalue weighted by Crippen LogP contribution is 2.11. The monoisotopic (exact) mass is 188 g/mol. The van der Waals surface area contributed by atoms with Gasteiger partial charge in [-0.15, -0.1) is 0 Å². The number of amides is 1. The molecule has 0 saturated heterocycles. The van der Waals surface area contributed by atoms with Crippen molar-refractivity contribution in [3.05, 3.63) is 0 Å². The lowest BCUT2D eigenvalue weighted by Crippen LogP contribution is -2.43. The smallest absolute Gasteiger partial charge is 0.250 e. The van der Waals surface area contributed by atoms with Crippen LogP contribution in [0, 0.1) is 0 Å². The van der Waals surface area contributed by atoms with Crippen molar-refractivity contribution in [2.24, 2.45) is 5.73 Å². The first-order chi connectivity index (χ1) is 5.80. The largest absolute Gasteiger partial charge is 0.361 e. The Morgan fingerprint density at radius 1 is 1.54 bits per heavy atom. The third kappa shape index (κ3) is 4.24. The lowest BCUT2D eigenvalue weighted by Gasteiger charge is -2.28. The standard InChI is InChI=1S/C9H20N2O2/c1-7(8(12)11(4)5)13-9(2,3)6-10/h7H,6,10H2,1-5H3. The molecule has 2 N–H and O–H groups in total. The zero-order valence-corrected chi connectivity index (χ0v) is 9.13. The van der Waals surface area contributed by atoms with Crippen molar-refractivity contribution in [3.63, 3.8) is 0 Å². The van der Waals surface area contributed by atoms with Gasteiger partial charge < -0.3 is 15.4 Å². The van der Waals surface area contributed by atoms with Crippen molar-refractivity contribution in [3.8, 4) is 0 Å². The fourth-order valence-corrected chi connectivity index (χ4v) is 0.941. The summed E-state index contributed by atoms with van der Waals surface area (Å²) in [5, 5.41) is 0. The lowest BCUT2D eigenvalue weighted by molar-refractivity contribution is -0.149. The fourth-order valence-electron chi connectivity index (χ4n) is 0.941. The Morgan fingerprint density at radius 3 is 2.31 bits per heavy atom. The van der Waals surface area contributed by atoms with E-state index in [2.05, 4.69) is 0 Å². The van der Waals surface area contributed by atoms with E-state index in [1.807, 2.05) is 13.8 Å². The summed E-state index contributed by atoms with van der Waals surface area (Å²) in [5.41, 5.74) is 5.04. The van der Waals surface area contributed by atoms with Crippen LogP contribution < -0.4 is 5.73 Å². The van der Waals surface area contributed by atoms with Crippen molar-refractivity contribution in [2.45, 2.75) is 32.5 Å². The Bertz CT molecular complexity index is 178. The SMILES string of the molecule is CC(OC(C)(C)CN)C(=O)N(C)C. The zero-order valence-electron chi connectivity index (χ0n) is 9.13. The van der Waals surface area contributed by atoms with Gasteiger partial charge in [0.15, 0.2) is 0 Å². The maximum absolute atomic E-state index is 11.4. The molecule has 0 aliphatic rings. The van der Waals surface area contributed by atoms with Crippen LogP contribution in [0.5, 0.6) is 0 Å². The number of carbonyl (C=O) groups excluding carboxylic acids is 1. The van der Waals surface area contributed by atoms with Crippen molar-refractivity contribution in [1.82, 2.24) is 4.90 Å². The molecule has 0 spiro atoms. The first kappa shape index (κ1) is 12.4. The highest BCUT2D eigenvalue weighted by atomic mass is 16.5. The average Bonchev–Trinajstić information content (AvgIpc) is 2.02. The summed E-state index contributed by atoms with van der Waals surface area (Å²) in [5.74, 6) is -0.0403. The van der Waals surface area contributed by atoms with Crippen molar-refractivity contribution in [2.75, 3.05) is 20.6 Å². The molecule has 0 aliphatic carbocycles. The van der Waals surface area contributed by atoms with Gasteiger partial charge >= 0.3 is 0 Å². The van der Waals surface area contributed by atoms with Gasteiger partial charge in [0.2, 0.25) is 0 Å². The Labute approximate surface area is 80.0 Å². The number of hydrogen-bond donors (Lipinski definition) is 1. The van der Waals surface area contributed by atoms with Crippen LogP contribution in [0.3, 0.4) is 0 Å². The molecule has 0 aromatic carbocycles. The molecule has 0 radical (unpaired) electrons. The topological polar surface area (TPSA) is 55.6 Å². The molecule has 4 heteroatoms. The minimum atomic E-state index is -0.439. The van der Waals surface area contributed by atoms with Crippen molar-refractivity contribution < 1.29 is 9.53 Å². The molecule has 78 valence electrons. The lowest BCUT2D eigenvalue weighted by atomic mass is 10.1. The second-order valence-electron chi connectivity index (χ2n) is 3.96. The summed E-state index contributed by atoms with van der Waals surface area (Å²) in [6, 6.07) is 0. The summed E-state index contributed by atoms with van der Waals surface area (Å²) < 4.78 is 5.49. The van der Waals surface area contributed by atoms with Gasteiger partial charge in [-0.1, -0.05) is 0 Å². The Balaban J connectivity index is 4.15. The molecule has 1 unspecified atom stereocenters. The number of rotatable bonds is 4. The van der Waals surface area contributed by atoms with E-state index in [9.17, 15) is 4.79 Å². The van der Waals surface area contributed by atoms with Gasteiger partial charge in [-0.05, 0) is 20.8 Å². The van der Waals surface area contributed by atoms with E-state index in [1.54, 1.807) is 21.0 Å². The highest BCUT2D eigenvalue weighted by molar-refractivity contribution is 5.79. The van der Waals surface area contributed by atoms with E-state index in [-0.39, 0.29) is 5.91 Å². The zero-order chi connectivity index (χ0) is 10.6. The molecule has 0 aromatic rings. The van der Waals surface area contributed by atoms with E-state index in [4.69, 9.17) is 10.5 Å². The van der Waals surface area contributed by atoms with Crippen LogP contribution in [0.25, 0.3) is 0 Å². The van der Waals surface area contributed by atoms with Gasteiger partial charge in [0, 0.05) is 20.6 Å². The minimum absolute atomic E-state index is 0.0403. The van der Waals surface area contributed by atoms with Crippen LogP contribution in [-0.4, -0.2) is 43.2 Å². The van der Waals surface area contributed by atoms with E-state index in [0.29, 0.717) is 6.54 Å². The quantitative estimate of drug-likeness (QED) is 0.686. The molecule has 0 saturated carbocycles. The van der Waals surface area contributed by atoms with Crippen LogP contribution in [0.15, 0.2) is 0 Å². The van der Waals surface area contributed by atoms with Crippen molar-refractivity contribution >= 4 is 5.91 Å². The molecular weight excluding hydrogens is 168 g/mol. The molecule has 0 aromatic heterocycles. The molecular formula is C9H20N2O2. The van der Waals surface area contributed by atoms with Gasteiger partial charge in [-0.25, -0.2) is 0 Å². The first-order valence-electron chi connectivity index (χ1n) is 4.39. The van der Waals surface area contributed by atoms with Gasteiger partial charge in [0.05, 0.1) is 5.60 Å². The number of hydrogen-bond acceptors (Lipinski definition) is 3. The molecule has 0 heterocycles. The normalized spacial score (nSPS) is 14.0. The number of ether oxygens (including phenoxy) is 1. The van der Waals surface area contributed by atoms with Gasteiger partial charge in [0.1, 0.15) is 6.10 Å². The first-order valence-corrected chi connectivity index (χ1v) is 4.39. The highest BCUT2D eigenvalue weighted by Gasteiger charge is 2.24. The van der Waals surface area contributed by atoms with Crippen LogP contribution in [0.2, 0.25) is 0 Å². The third-order valence-corrected chi connectivity index (χ3v) is 1.78. The minimum Gasteiger partial charge on any atom is -0.361 e. The van der Waals surface area contributed by atoms with Gasteiger partial charge in [-0.3, -0.25) is 4.79 Å². The Morgan fingerprint density at radius 2 is 2.00 bits per heavy atom. The number of likely N-dealkylation sites (N-methyl/N-ethyl adjacent to an activating group) is 1. The third-order valence-electron chi connectivity index (χ3n) is 1.78. The van der Waals surface area contributed by atoms with Crippen LogP contribution in [0.1, 0.15) is 20.8 Å². The van der Waals surface area contributed by atoms with E-state index < -0.39 is 11.7 Å². The maximum atomic E-state index is 11.4. The number of nitrogens with two attached hydrogens (primary N) is 1. The van der Waals surface area contributed by atoms with E-state index >= 15 is 0 Å². The second-order valence-corrected chi connectivity index (χ2v) is 3.96. The molecule has 0 rings (SSSR count).